The number of hydrazone groups is 1. The van der Waals surface area contributed by atoms with Crippen LogP contribution < -0.4 is 4.74 Å². The third kappa shape index (κ3) is 3.30. The van der Waals surface area contributed by atoms with Gasteiger partial charge in [0.05, 0.1) is 16.8 Å². The second kappa shape index (κ2) is 7.83. The Morgan fingerprint density at radius 3 is 2.44 bits per heavy atom. The average molecular weight is 463 g/mol. The zero-order valence-electron chi connectivity index (χ0n) is 17.7. The normalized spacial score (nSPS) is 26.3. The van der Waals surface area contributed by atoms with Crippen molar-refractivity contribution in [3.63, 3.8) is 0 Å². The van der Waals surface area contributed by atoms with Gasteiger partial charge in [0.2, 0.25) is 0 Å². The van der Waals surface area contributed by atoms with Crippen molar-refractivity contribution in [2.24, 2.45) is 5.10 Å². The van der Waals surface area contributed by atoms with Gasteiger partial charge in [-0.05, 0) is 42.5 Å². The molecule has 3 aromatic rings. The van der Waals surface area contributed by atoms with Crippen LogP contribution in [0.4, 0.5) is 0 Å². The lowest BCUT2D eigenvalue weighted by Crippen LogP contribution is -2.55. The van der Waals surface area contributed by atoms with Gasteiger partial charge in [0, 0.05) is 35.4 Å². The van der Waals surface area contributed by atoms with Crippen molar-refractivity contribution in [2.75, 3.05) is 0 Å². The van der Waals surface area contributed by atoms with Crippen LogP contribution in [0.25, 0.3) is 0 Å². The molecule has 2 heterocycles. The molecule has 32 heavy (non-hydrogen) atoms. The van der Waals surface area contributed by atoms with E-state index in [1.165, 1.54) is 11.1 Å². The van der Waals surface area contributed by atoms with Gasteiger partial charge < -0.3 is 4.74 Å². The van der Waals surface area contributed by atoms with Gasteiger partial charge in [-0.1, -0.05) is 77.8 Å². The van der Waals surface area contributed by atoms with Crippen LogP contribution in [-0.2, 0) is 0 Å². The first-order chi connectivity index (χ1) is 15.6. The molecule has 2 aliphatic heterocycles. The minimum Gasteiger partial charge on any atom is -0.466 e. The molecular weight excluding hydrogens is 439 g/mol. The summed E-state index contributed by atoms with van der Waals surface area (Å²) < 4.78 is 6.76. The molecule has 1 saturated carbocycles. The van der Waals surface area contributed by atoms with Crippen molar-refractivity contribution < 1.29 is 4.74 Å². The Morgan fingerprint density at radius 1 is 0.906 bits per heavy atom. The summed E-state index contributed by atoms with van der Waals surface area (Å²) in [6.45, 7) is 0. The largest absolute Gasteiger partial charge is 0.466 e. The third-order valence-corrected chi connectivity index (χ3v) is 7.73. The van der Waals surface area contributed by atoms with E-state index in [1.54, 1.807) is 6.07 Å². The zero-order valence-corrected chi connectivity index (χ0v) is 19.2. The molecule has 0 N–H and O–H groups in total. The highest BCUT2D eigenvalue weighted by atomic mass is 35.5. The summed E-state index contributed by atoms with van der Waals surface area (Å²) >= 11 is 12.7. The molecule has 0 unspecified atom stereocenters. The summed E-state index contributed by atoms with van der Waals surface area (Å²) in [5.41, 5.74) is 4.17. The molecular formula is C27H24Cl2N2O. The van der Waals surface area contributed by atoms with Gasteiger partial charge in [-0.3, -0.25) is 0 Å². The highest BCUT2D eigenvalue weighted by Crippen LogP contribution is 2.53. The number of benzene rings is 3. The Hall–Kier alpha value is -2.49. The van der Waals surface area contributed by atoms with E-state index >= 15 is 0 Å². The van der Waals surface area contributed by atoms with E-state index in [0.717, 1.165) is 49.1 Å². The van der Waals surface area contributed by atoms with Gasteiger partial charge in [-0.25, -0.2) is 5.01 Å². The van der Waals surface area contributed by atoms with E-state index in [2.05, 4.69) is 59.6 Å². The van der Waals surface area contributed by atoms with Gasteiger partial charge in [0.1, 0.15) is 5.75 Å². The number of halogens is 2. The van der Waals surface area contributed by atoms with Crippen LogP contribution in [0.1, 0.15) is 60.8 Å². The van der Waals surface area contributed by atoms with Crippen LogP contribution >= 0.6 is 23.2 Å². The fourth-order valence-corrected chi connectivity index (χ4v) is 6.09. The minimum atomic E-state index is -0.412. The van der Waals surface area contributed by atoms with Crippen molar-refractivity contribution in [1.29, 1.82) is 0 Å². The minimum absolute atomic E-state index is 0.162. The molecule has 1 atom stereocenters. The lowest BCUT2D eigenvalue weighted by Gasteiger charge is -2.50. The highest BCUT2D eigenvalue weighted by Gasteiger charge is 2.52. The van der Waals surface area contributed by atoms with Crippen molar-refractivity contribution in [1.82, 2.24) is 5.01 Å². The SMILES string of the molecule is Clc1ccc(C2=NN3[C@@H](C2)c2ccccc2OC32CCC(c3ccccc3)CC2)c(Cl)c1. The highest BCUT2D eigenvalue weighted by molar-refractivity contribution is 6.37. The van der Waals surface area contributed by atoms with Crippen molar-refractivity contribution in [3.05, 3.63) is 99.5 Å². The molecule has 3 nitrogen and oxygen atoms in total. The first-order valence-electron chi connectivity index (χ1n) is 11.3. The zero-order chi connectivity index (χ0) is 21.7. The Bertz CT molecular complexity index is 1190. The van der Waals surface area contributed by atoms with E-state index in [9.17, 15) is 0 Å². The molecule has 0 amide bonds. The monoisotopic (exact) mass is 462 g/mol. The fourth-order valence-electron chi connectivity index (χ4n) is 5.57. The summed E-state index contributed by atoms with van der Waals surface area (Å²) in [6.07, 6.45) is 4.88. The average Bonchev–Trinajstić information content (AvgIpc) is 3.27. The van der Waals surface area contributed by atoms with Crippen LogP contribution in [0.2, 0.25) is 10.0 Å². The molecule has 1 fully saturated rings. The summed E-state index contributed by atoms with van der Waals surface area (Å²) in [5.74, 6) is 1.56. The van der Waals surface area contributed by atoms with Gasteiger partial charge in [0.25, 0.3) is 0 Å². The van der Waals surface area contributed by atoms with Gasteiger partial charge in [-0.15, -0.1) is 0 Å². The standard InChI is InChI=1S/C27H24Cl2N2O/c28-20-10-11-21(23(29)16-20)24-17-25-22-8-4-5-9-26(22)32-27(31(25)30-24)14-12-19(13-15-27)18-6-2-1-3-7-18/h1-11,16,19,25H,12-15,17H2/t19?,25-,27?/m0/s1. The molecule has 3 aromatic carbocycles. The number of nitrogens with zero attached hydrogens (tertiary/aromatic N) is 2. The number of para-hydroxylation sites is 1. The molecule has 0 bridgehead atoms. The lowest BCUT2D eigenvalue weighted by atomic mass is 9.78. The van der Waals surface area contributed by atoms with Crippen LogP contribution in [0.15, 0.2) is 77.9 Å². The lowest BCUT2D eigenvalue weighted by molar-refractivity contribution is -0.142. The predicted molar refractivity (Wildman–Crippen MR) is 130 cm³/mol. The van der Waals surface area contributed by atoms with Gasteiger partial charge >= 0.3 is 0 Å². The van der Waals surface area contributed by atoms with Crippen LogP contribution in [0.3, 0.4) is 0 Å². The Labute approximate surface area is 198 Å². The summed E-state index contributed by atoms with van der Waals surface area (Å²) in [6, 6.07) is 25.1. The van der Waals surface area contributed by atoms with E-state index in [4.69, 9.17) is 33.0 Å². The number of fused-ring (bicyclic) bond motifs is 4. The molecule has 0 saturated heterocycles. The van der Waals surface area contributed by atoms with E-state index in [1.807, 2.05) is 12.1 Å². The van der Waals surface area contributed by atoms with E-state index in [0.29, 0.717) is 16.0 Å². The maximum Gasteiger partial charge on any atom is 0.198 e. The number of hydrogen-bond acceptors (Lipinski definition) is 3. The maximum absolute atomic E-state index is 6.76. The number of ether oxygens (including phenoxy) is 1. The second-order valence-electron chi connectivity index (χ2n) is 9.01. The molecule has 0 radical (unpaired) electrons. The summed E-state index contributed by atoms with van der Waals surface area (Å²) in [7, 11) is 0. The summed E-state index contributed by atoms with van der Waals surface area (Å²) in [4.78, 5) is 0. The van der Waals surface area contributed by atoms with Crippen LogP contribution in [0.5, 0.6) is 5.75 Å². The van der Waals surface area contributed by atoms with Gasteiger partial charge in [0.15, 0.2) is 5.72 Å². The van der Waals surface area contributed by atoms with Crippen molar-refractivity contribution in [2.45, 2.75) is 49.8 Å². The van der Waals surface area contributed by atoms with Crippen LogP contribution in [-0.4, -0.2) is 16.4 Å². The maximum atomic E-state index is 6.76. The second-order valence-corrected chi connectivity index (χ2v) is 9.85. The third-order valence-electron chi connectivity index (χ3n) is 7.19. The molecule has 1 aliphatic carbocycles. The molecule has 3 aliphatic rings. The molecule has 5 heteroatoms. The molecule has 1 spiro atoms. The molecule has 0 aromatic heterocycles. The van der Waals surface area contributed by atoms with Gasteiger partial charge in [-0.2, -0.15) is 5.10 Å². The number of hydrogen-bond donors (Lipinski definition) is 0. The quantitative estimate of drug-likeness (QED) is 0.391. The topological polar surface area (TPSA) is 24.8 Å². The summed E-state index contributed by atoms with van der Waals surface area (Å²) in [5, 5.41) is 8.67. The Morgan fingerprint density at radius 2 is 1.66 bits per heavy atom. The number of rotatable bonds is 2. The van der Waals surface area contributed by atoms with Crippen molar-refractivity contribution >= 4 is 28.9 Å². The first kappa shape index (κ1) is 20.1. The smallest absolute Gasteiger partial charge is 0.198 e. The Kier molecular flexibility index (Phi) is 4.93. The van der Waals surface area contributed by atoms with Crippen molar-refractivity contribution in [3.8, 4) is 5.75 Å². The Balaban J connectivity index is 1.36. The molecule has 6 rings (SSSR count). The molecule has 162 valence electrons. The van der Waals surface area contributed by atoms with E-state index < -0.39 is 5.72 Å². The van der Waals surface area contributed by atoms with E-state index in [-0.39, 0.29) is 6.04 Å². The fraction of sp³-hybridized carbons (Fsp3) is 0.296. The van der Waals surface area contributed by atoms with Crippen LogP contribution in [0, 0.1) is 0 Å². The first-order valence-corrected chi connectivity index (χ1v) is 12.0. The predicted octanol–water partition coefficient (Wildman–Crippen LogP) is 7.59.